The molecule has 0 spiro atoms. The van der Waals surface area contributed by atoms with E-state index < -0.39 is 0 Å². The molecule has 7 rings (SSSR count). The second-order valence-electron chi connectivity index (χ2n) is 11.2. The summed E-state index contributed by atoms with van der Waals surface area (Å²) in [7, 11) is 0. The molecule has 0 radical (unpaired) electrons. The van der Waals surface area contributed by atoms with Gasteiger partial charge in [0.15, 0.2) is 0 Å². The summed E-state index contributed by atoms with van der Waals surface area (Å²) in [6.45, 7) is 8.97. The third-order valence-corrected chi connectivity index (χ3v) is 9.44. The SMILES string of the molecule is c1ccc(C2CC3(N4CCCC4)CCN(CCN4CCCC4)C2C(c2ccccc2)C3)cc1. The number of hydrogen-bond acceptors (Lipinski definition) is 3. The van der Waals surface area contributed by atoms with Gasteiger partial charge in [0, 0.05) is 43.1 Å². The van der Waals surface area contributed by atoms with Crippen LogP contribution in [0, 0.1) is 0 Å². The van der Waals surface area contributed by atoms with Gasteiger partial charge in [0.25, 0.3) is 0 Å². The minimum Gasteiger partial charge on any atom is -0.302 e. The van der Waals surface area contributed by atoms with Crippen molar-refractivity contribution in [1.82, 2.24) is 14.7 Å². The molecule has 2 bridgehead atoms. The zero-order valence-electron chi connectivity index (χ0n) is 20.2. The van der Waals surface area contributed by atoms with Gasteiger partial charge in [0.2, 0.25) is 0 Å². The zero-order chi connectivity index (χ0) is 22.1. The van der Waals surface area contributed by atoms with Crippen LogP contribution in [0.15, 0.2) is 60.7 Å². The van der Waals surface area contributed by atoms with E-state index in [0.717, 1.165) is 0 Å². The number of fused-ring (bicyclic) bond motifs is 4. The topological polar surface area (TPSA) is 9.72 Å². The van der Waals surface area contributed by atoms with Crippen LogP contribution in [0.25, 0.3) is 0 Å². The zero-order valence-corrected chi connectivity index (χ0v) is 20.2. The summed E-state index contributed by atoms with van der Waals surface area (Å²) in [5.41, 5.74) is 3.50. The van der Waals surface area contributed by atoms with Gasteiger partial charge in [0.1, 0.15) is 0 Å². The molecule has 5 aliphatic rings. The van der Waals surface area contributed by atoms with E-state index in [-0.39, 0.29) is 0 Å². The first-order chi connectivity index (χ1) is 16.3. The van der Waals surface area contributed by atoms with Gasteiger partial charge >= 0.3 is 0 Å². The van der Waals surface area contributed by atoms with Crippen molar-refractivity contribution in [3.63, 3.8) is 0 Å². The molecule has 2 unspecified atom stereocenters. The van der Waals surface area contributed by atoms with Gasteiger partial charge in [-0.05, 0) is 82.3 Å². The van der Waals surface area contributed by atoms with Crippen molar-refractivity contribution in [2.45, 2.75) is 68.4 Å². The molecular weight excluding hydrogens is 402 g/mol. The minimum atomic E-state index is 0.358. The van der Waals surface area contributed by atoms with Gasteiger partial charge in [0.05, 0.1) is 0 Å². The second kappa shape index (κ2) is 9.52. The largest absolute Gasteiger partial charge is 0.302 e. The predicted octanol–water partition coefficient (Wildman–Crippen LogP) is 5.35. The van der Waals surface area contributed by atoms with Crippen LogP contribution in [-0.4, -0.2) is 72.1 Å². The molecule has 2 atom stereocenters. The second-order valence-corrected chi connectivity index (χ2v) is 11.2. The van der Waals surface area contributed by atoms with Crippen molar-refractivity contribution >= 4 is 0 Å². The highest BCUT2D eigenvalue weighted by Crippen LogP contribution is 2.54. The summed E-state index contributed by atoms with van der Waals surface area (Å²) in [6, 6.07) is 23.7. The number of rotatable bonds is 6. The minimum absolute atomic E-state index is 0.358. The average Bonchev–Trinajstić information content (AvgIpc) is 3.56. The number of likely N-dealkylation sites (tertiary alicyclic amines) is 2. The number of hydrogen-bond donors (Lipinski definition) is 0. The standard InChI is InChI=1S/C30H41N3/c1-3-11-25(12-4-1)27-23-30(33-18-9-10-19-33)15-20-32(22-21-31-16-7-8-17-31)29(27)28(24-30)26-13-5-2-6-14-26/h1-6,11-14,27-29H,7-10,15-24H2. The van der Waals surface area contributed by atoms with Crippen molar-refractivity contribution in [2.75, 3.05) is 45.8 Å². The molecule has 0 amide bonds. The van der Waals surface area contributed by atoms with E-state index in [9.17, 15) is 0 Å². The van der Waals surface area contributed by atoms with Crippen LogP contribution in [0.1, 0.15) is 67.9 Å². The molecule has 0 aromatic heterocycles. The van der Waals surface area contributed by atoms with E-state index in [4.69, 9.17) is 0 Å². The highest BCUT2D eigenvalue weighted by molar-refractivity contribution is 5.32. The Bertz CT molecular complexity index is 836. The quantitative estimate of drug-likeness (QED) is 0.596. The Morgan fingerprint density at radius 3 is 1.76 bits per heavy atom. The molecular formula is C30H41N3. The molecule has 4 aliphatic heterocycles. The Labute approximate surface area is 200 Å². The maximum atomic E-state index is 2.94. The summed E-state index contributed by atoms with van der Waals surface area (Å²) in [6.07, 6.45) is 9.57. The lowest BCUT2D eigenvalue weighted by Crippen LogP contribution is -2.54. The summed E-state index contributed by atoms with van der Waals surface area (Å²) >= 11 is 0. The molecule has 1 aliphatic carbocycles. The fraction of sp³-hybridized carbons (Fsp3) is 0.600. The summed E-state index contributed by atoms with van der Waals surface area (Å²) in [5.74, 6) is 1.23. The van der Waals surface area contributed by atoms with Crippen LogP contribution < -0.4 is 0 Å². The van der Waals surface area contributed by atoms with Crippen LogP contribution in [0.4, 0.5) is 0 Å². The van der Waals surface area contributed by atoms with E-state index in [1.54, 1.807) is 11.1 Å². The van der Waals surface area contributed by atoms with Crippen LogP contribution in [0.2, 0.25) is 0 Å². The molecule has 1 saturated carbocycles. The van der Waals surface area contributed by atoms with Crippen LogP contribution in [0.3, 0.4) is 0 Å². The number of nitrogens with zero attached hydrogens (tertiary/aromatic N) is 3. The van der Waals surface area contributed by atoms with Crippen molar-refractivity contribution in [2.24, 2.45) is 0 Å². The van der Waals surface area contributed by atoms with Crippen LogP contribution in [0.5, 0.6) is 0 Å². The molecule has 3 heteroatoms. The average molecular weight is 444 g/mol. The lowest BCUT2D eigenvalue weighted by atomic mass is 9.63. The lowest BCUT2D eigenvalue weighted by Gasteiger charge is -2.52. The van der Waals surface area contributed by atoms with Gasteiger partial charge < -0.3 is 4.90 Å². The molecule has 2 aromatic rings. The Balaban J connectivity index is 1.40. The van der Waals surface area contributed by atoms with E-state index in [1.165, 1.54) is 90.8 Å². The monoisotopic (exact) mass is 443 g/mol. The molecule has 176 valence electrons. The lowest BCUT2D eigenvalue weighted by molar-refractivity contribution is 0.0459. The number of benzene rings is 2. The van der Waals surface area contributed by atoms with Crippen LogP contribution in [-0.2, 0) is 0 Å². The molecule has 2 aromatic carbocycles. The third-order valence-electron chi connectivity index (χ3n) is 9.44. The third kappa shape index (κ3) is 4.29. The van der Waals surface area contributed by atoms with Gasteiger partial charge in [-0.25, -0.2) is 0 Å². The summed E-state index contributed by atoms with van der Waals surface area (Å²) in [5, 5.41) is 0. The van der Waals surface area contributed by atoms with Crippen LogP contribution >= 0.6 is 0 Å². The highest BCUT2D eigenvalue weighted by atomic mass is 15.3. The first-order valence-corrected chi connectivity index (χ1v) is 13.6. The Hall–Kier alpha value is -1.68. The Morgan fingerprint density at radius 2 is 1.18 bits per heavy atom. The van der Waals surface area contributed by atoms with Crippen molar-refractivity contribution in [3.8, 4) is 0 Å². The fourth-order valence-corrected chi connectivity index (χ4v) is 7.81. The van der Waals surface area contributed by atoms with E-state index in [0.29, 0.717) is 23.4 Å². The van der Waals surface area contributed by atoms with Crippen molar-refractivity contribution < 1.29 is 0 Å². The summed E-state index contributed by atoms with van der Waals surface area (Å²) < 4.78 is 0. The molecule has 33 heavy (non-hydrogen) atoms. The van der Waals surface area contributed by atoms with Gasteiger partial charge in [-0.1, -0.05) is 60.7 Å². The molecule has 4 heterocycles. The highest BCUT2D eigenvalue weighted by Gasteiger charge is 2.54. The van der Waals surface area contributed by atoms with Crippen molar-refractivity contribution in [3.05, 3.63) is 71.8 Å². The van der Waals surface area contributed by atoms with Gasteiger partial charge in [-0.15, -0.1) is 0 Å². The van der Waals surface area contributed by atoms with E-state index >= 15 is 0 Å². The first-order valence-electron chi connectivity index (χ1n) is 13.6. The molecule has 0 N–H and O–H groups in total. The van der Waals surface area contributed by atoms with E-state index in [2.05, 4.69) is 75.4 Å². The van der Waals surface area contributed by atoms with Gasteiger partial charge in [-0.3, -0.25) is 9.80 Å². The van der Waals surface area contributed by atoms with Crippen molar-refractivity contribution in [1.29, 1.82) is 0 Å². The molecule has 3 nitrogen and oxygen atoms in total. The Kier molecular flexibility index (Phi) is 6.30. The maximum absolute atomic E-state index is 2.94. The Morgan fingerprint density at radius 1 is 0.636 bits per heavy atom. The molecule has 4 saturated heterocycles. The normalized spacial score (nSPS) is 33.5. The molecule has 5 fully saturated rings. The van der Waals surface area contributed by atoms with E-state index in [1.807, 2.05) is 0 Å². The predicted molar refractivity (Wildman–Crippen MR) is 137 cm³/mol. The smallest absolute Gasteiger partial charge is 0.0235 e. The maximum Gasteiger partial charge on any atom is 0.0235 e. The fourth-order valence-electron chi connectivity index (χ4n) is 7.81. The first kappa shape index (κ1) is 21.8. The summed E-state index contributed by atoms with van der Waals surface area (Å²) in [4.78, 5) is 8.58. The van der Waals surface area contributed by atoms with Gasteiger partial charge in [-0.2, -0.15) is 0 Å².